The highest BCUT2D eigenvalue weighted by Gasteiger charge is 2.47. The lowest BCUT2D eigenvalue weighted by Gasteiger charge is -2.24. The van der Waals surface area contributed by atoms with E-state index in [2.05, 4.69) is 4.98 Å². The summed E-state index contributed by atoms with van der Waals surface area (Å²) in [5, 5.41) is 16.3. The lowest BCUT2D eigenvalue weighted by Crippen LogP contribution is -2.29. The molecule has 10 heteroatoms. The van der Waals surface area contributed by atoms with Crippen LogP contribution in [0.2, 0.25) is 0 Å². The molecule has 3 N–H and O–H groups in total. The Labute approximate surface area is 196 Å². The first-order chi connectivity index (χ1) is 16.1. The molecule has 1 amide bonds. The molecule has 1 aromatic heterocycles. The summed E-state index contributed by atoms with van der Waals surface area (Å²) in [6.45, 7) is 1.79. The van der Waals surface area contributed by atoms with Gasteiger partial charge in [-0.1, -0.05) is 6.07 Å². The van der Waals surface area contributed by atoms with Gasteiger partial charge in [0.15, 0.2) is 0 Å². The van der Waals surface area contributed by atoms with Gasteiger partial charge in [0.2, 0.25) is 10.0 Å². The Hall–Kier alpha value is -4.02. The quantitative estimate of drug-likeness (QED) is 0.326. The highest BCUT2D eigenvalue weighted by Crippen LogP contribution is 2.41. The van der Waals surface area contributed by atoms with Gasteiger partial charge < -0.3 is 9.84 Å². The number of aryl methyl sites for hydroxylation is 1. The van der Waals surface area contributed by atoms with Gasteiger partial charge in [-0.05, 0) is 67.1 Å². The van der Waals surface area contributed by atoms with Crippen molar-refractivity contribution in [3.05, 3.63) is 89.3 Å². The van der Waals surface area contributed by atoms with Crippen molar-refractivity contribution in [3.8, 4) is 5.75 Å². The molecule has 1 aliphatic rings. The molecule has 1 unspecified atom stereocenters. The maximum absolute atomic E-state index is 13.1. The van der Waals surface area contributed by atoms with Crippen LogP contribution >= 0.6 is 0 Å². The number of carbonyl (C=O) groups excluding carboxylic acids is 2. The topological polar surface area (TPSA) is 140 Å². The van der Waals surface area contributed by atoms with Gasteiger partial charge in [0.25, 0.3) is 11.7 Å². The fourth-order valence-corrected chi connectivity index (χ4v) is 4.41. The van der Waals surface area contributed by atoms with Crippen LogP contribution in [-0.4, -0.2) is 37.3 Å². The van der Waals surface area contributed by atoms with E-state index in [1.165, 1.54) is 42.5 Å². The SMILES string of the molecule is COc1ccc(/C(O)=C2\C(=O)C(=O)N(c3ccc(S(N)(=O)=O)cc3)C2c2ccccn2)cc1C. The van der Waals surface area contributed by atoms with E-state index in [9.17, 15) is 23.1 Å². The Morgan fingerprint density at radius 3 is 2.35 bits per heavy atom. The number of primary sulfonamides is 1. The van der Waals surface area contributed by atoms with Gasteiger partial charge in [-0.2, -0.15) is 0 Å². The number of nitrogens with zero attached hydrogens (tertiary/aromatic N) is 2. The number of aliphatic hydroxyl groups is 1. The monoisotopic (exact) mass is 479 g/mol. The maximum Gasteiger partial charge on any atom is 0.300 e. The Kier molecular flexibility index (Phi) is 5.94. The standard InChI is InChI=1S/C24H21N3O6S/c1-14-13-15(6-11-19(14)33-2)22(28)20-21(18-5-3-4-12-26-18)27(24(30)23(20)29)16-7-9-17(10-8-16)34(25,31)32/h3-13,21,28H,1-2H3,(H2,25,31,32)/b22-20+. The molecule has 4 rings (SSSR count). The number of Topliss-reactive ketones (excluding diaryl/α,β-unsaturated/α-hetero) is 1. The van der Waals surface area contributed by atoms with E-state index < -0.39 is 27.8 Å². The second-order valence-corrected chi connectivity index (χ2v) is 9.21. The van der Waals surface area contributed by atoms with E-state index >= 15 is 0 Å². The van der Waals surface area contributed by atoms with Crippen molar-refractivity contribution in [2.45, 2.75) is 17.9 Å². The maximum atomic E-state index is 13.1. The third-order valence-corrected chi connectivity index (χ3v) is 6.45. The third-order valence-electron chi connectivity index (χ3n) is 5.52. The van der Waals surface area contributed by atoms with Crippen LogP contribution in [0.4, 0.5) is 5.69 Å². The number of sulfonamides is 1. The minimum atomic E-state index is -3.95. The van der Waals surface area contributed by atoms with Crippen LogP contribution in [0.3, 0.4) is 0 Å². The number of benzene rings is 2. The van der Waals surface area contributed by atoms with Crippen molar-refractivity contribution < 1.29 is 27.9 Å². The molecule has 0 spiro atoms. The Balaban J connectivity index is 1.90. The number of ether oxygens (including phenoxy) is 1. The minimum absolute atomic E-state index is 0.135. The van der Waals surface area contributed by atoms with Crippen molar-refractivity contribution in [1.82, 2.24) is 4.98 Å². The van der Waals surface area contributed by atoms with Gasteiger partial charge in [-0.3, -0.25) is 19.5 Å². The van der Waals surface area contributed by atoms with Gasteiger partial charge in [-0.15, -0.1) is 0 Å². The summed E-state index contributed by atoms with van der Waals surface area (Å²) < 4.78 is 28.5. The Morgan fingerprint density at radius 1 is 1.09 bits per heavy atom. The average molecular weight is 480 g/mol. The fraction of sp³-hybridized carbons (Fsp3) is 0.125. The van der Waals surface area contributed by atoms with Gasteiger partial charge >= 0.3 is 0 Å². The number of carbonyl (C=O) groups is 2. The summed E-state index contributed by atoms with van der Waals surface area (Å²) >= 11 is 0. The van der Waals surface area contributed by atoms with E-state index in [-0.39, 0.29) is 21.9 Å². The number of aromatic nitrogens is 1. The number of amides is 1. The van der Waals surface area contributed by atoms with Crippen LogP contribution in [0.25, 0.3) is 5.76 Å². The summed E-state index contributed by atoms with van der Waals surface area (Å²) in [7, 11) is -2.42. The number of methoxy groups -OCH3 is 1. The van der Waals surface area contributed by atoms with Crippen molar-refractivity contribution in [2.75, 3.05) is 12.0 Å². The lowest BCUT2D eigenvalue weighted by atomic mass is 9.97. The summed E-state index contributed by atoms with van der Waals surface area (Å²) in [6.07, 6.45) is 1.51. The van der Waals surface area contributed by atoms with Crippen LogP contribution in [-0.2, 0) is 19.6 Å². The van der Waals surface area contributed by atoms with Crippen molar-refractivity contribution >= 4 is 33.2 Å². The van der Waals surface area contributed by atoms with Gasteiger partial charge in [0.1, 0.15) is 17.6 Å². The Morgan fingerprint density at radius 2 is 1.79 bits per heavy atom. The Bertz CT molecular complexity index is 1420. The first-order valence-corrected chi connectivity index (χ1v) is 11.7. The number of hydrogen-bond acceptors (Lipinski definition) is 7. The molecule has 2 aromatic carbocycles. The van der Waals surface area contributed by atoms with Crippen LogP contribution in [0.1, 0.15) is 22.9 Å². The number of nitrogens with two attached hydrogens (primary N) is 1. The smallest absolute Gasteiger partial charge is 0.300 e. The zero-order chi connectivity index (χ0) is 24.6. The second-order valence-electron chi connectivity index (χ2n) is 7.65. The van der Waals surface area contributed by atoms with E-state index in [4.69, 9.17) is 9.88 Å². The number of aliphatic hydroxyl groups excluding tert-OH is 1. The van der Waals surface area contributed by atoms with Crippen molar-refractivity contribution in [2.24, 2.45) is 5.14 Å². The minimum Gasteiger partial charge on any atom is -0.507 e. The van der Waals surface area contributed by atoms with E-state index in [0.29, 0.717) is 17.0 Å². The van der Waals surface area contributed by atoms with Crippen LogP contribution < -0.4 is 14.8 Å². The molecule has 1 atom stereocenters. The number of pyridine rings is 1. The highest BCUT2D eigenvalue weighted by molar-refractivity contribution is 7.89. The van der Waals surface area contributed by atoms with Gasteiger partial charge in [-0.25, -0.2) is 13.6 Å². The number of ketones is 1. The molecule has 0 radical (unpaired) electrons. The van der Waals surface area contributed by atoms with E-state index in [1.54, 1.807) is 43.3 Å². The number of hydrogen-bond donors (Lipinski definition) is 2. The van der Waals surface area contributed by atoms with Crippen LogP contribution in [0, 0.1) is 6.92 Å². The summed E-state index contributed by atoms with van der Waals surface area (Å²) in [4.78, 5) is 31.6. The van der Waals surface area contributed by atoms with Crippen LogP contribution in [0.5, 0.6) is 5.75 Å². The fourth-order valence-electron chi connectivity index (χ4n) is 3.89. The molecule has 1 aliphatic heterocycles. The second kappa shape index (κ2) is 8.73. The molecular weight excluding hydrogens is 458 g/mol. The zero-order valence-electron chi connectivity index (χ0n) is 18.3. The average Bonchev–Trinajstić information content (AvgIpc) is 3.09. The molecule has 34 heavy (non-hydrogen) atoms. The van der Waals surface area contributed by atoms with Crippen LogP contribution in [0.15, 0.2) is 77.3 Å². The van der Waals surface area contributed by atoms with Gasteiger partial charge in [0.05, 0.1) is 23.3 Å². The summed E-state index contributed by atoms with van der Waals surface area (Å²) in [5.41, 5.74) is 1.53. The normalized spacial score (nSPS) is 17.7. The predicted molar refractivity (Wildman–Crippen MR) is 125 cm³/mol. The molecule has 2 heterocycles. The molecular formula is C24H21N3O6S. The predicted octanol–water partition coefficient (Wildman–Crippen LogP) is 2.67. The molecule has 0 bridgehead atoms. The number of rotatable bonds is 5. The molecule has 1 fully saturated rings. The van der Waals surface area contributed by atoms with E-state index in [1.807, 2.05) is 0 Å². The lowest BCUT2D eigenvalue weighted by molar-refractivity contribution is -0.132. The highest BCUT2D eigenvalue weighted by atomic mass is 32.2. The summed E-state index contributed by atoms with van der Waals surface area (Å²) in [6, 6.07) is 14.1. The molecule has 0 saturated carbocycles. The van der Waals surface area contributed by atoms with Crippen molar-refractivity contribution in [1.29, 1.82) is 0 Å². The molecule has 174 valence electrons. The first kappa shape index (κ1) is 23.1. The third kappa shape index (κ3) is 4.04. The largest absolute Gasteiger partial charge is 0.507 e. The molecule has 9 nitrogen and oxygen atoms in total. The molecule has 0 aliphatic carbocycles. The molecule has 3 aromatic rings. The first-order valence-electron chi connectivity index (χ1n) is 10.1. The summed E-state index contributed by atoms with van der Waals surface area (Å²) in [5.74, 6) is -1.53. The van der Waals surface area contributed by atoms with Gasteiger partial charge in [0, 0.05) is 17.4 Å². The van der Waals surface area contributed by atoms with E-state index in [0.717, 1.165) is 5.56 Å². The molecule has 1 saturated heterocycles. The van der Waals surface area contributed by atoms with Crippen molar-refractivity contribution in [3.63, 3.8) is 0 Å². The zero-order valence-corrected chi connectivity index (χ0v) is 19.1. The number of anilines is 1.